The molecule has 2 unspecified atom stereocenters. The Morgan fingerprint density at radius 2 is 1.94 bits per heavy atom. The van der Waals surface area contributed by atoms with Crippen molar-refractivity contribution in [3.8, 4) is 0 Å². The normalized spacial score (nSPS) is 19.9. The standard InChI is InChI=1S/C11H20N2O5/c1-7(8-2-4-18-5-3-8)12-11(17)13-9(6-14)10(15)16/h7-9,14H,2-6H2,1H3,(H,15,16)(H2,12,13,17). The Kier molecular flexibility index (Phi) is 5.87. The Bertz CT molecular complexity index is 291. The molecule has 1 heterocycles. The summed E-state index contributed by atoms with van der Waals surface area (Å²) in [6.07, 6.45) is 1.76. The first-order chi connectivity index (χ1) is 8.54. The zero-order valence-electron chi connectivity index (χ0n) is 10.4. The van der Waals surface area contributed by atoms with E-state index in [1.165, 1.54) is 0 Å². The third-order valence-corrected chi connectivity index (χ3v) is 3.12. The van der Waals surface area contributed by atoms with Gasteiger partial charge in [-0.1, -0.05) is 0 Å². The van der Waals surface area contributed by atoms with Crippen LogP contribution in [0.3, 0.4) is 0 Å². The molecule has 0 radical (unpaired) electrons. The number of carboxylic acid groups (broad SMARTS) is 1. The zero-order valence-corrected chi connectivity index (χ0v) is 10.4. The summed E-state index contributed by atoms with van der Waals surface area (Å²) in [7, 11) is 0. The molecule has 1 aliphatic heterocycles. The predicted molar refractivity (Wildman–Crippen MR) is 63.2 cm³/mol. The van der Waals surface area contributed by atoms with Crippen molar-refractivity contribution >= 4 is 12.0 Å². The van der Waals surface area contributed by atoms with E-state index in [0.717, 1.165) is 12.8 Å². The molecule has 0 aromatic heterocycles. The molecule has 18 heavy (non-hydrogen) atoms. The Balaban J connectivity index is 2.36. The van der Waals surface area contributed by atoms with Crippen molar-refractivity contribution < 1.29 is 24.5 Å². The molecule has 0 aromatic carbocycles. The van der Waals surface area contributed by atoms with Crippen molar-refractivity contribution in [2.75, 3.05) is 19.8 Å². The van der Waals surface area contributed by atoms with Gasteiger partial charge in [0.25, 0.3) is 0 Å². The zero-order chi connectivity index (χ0) is 13.5. The number of urea groups is 1. The topological polar surface area (TPSA) is 108 Å². The van der Waals surface area contributed by atoms with Gasteiger partial charge < -0.3 is 25.6 Å². The highest BCUT2D eigenvalue weighted by Crippen LogP contribution is 2.18. The number of aliphatic carboxylic acids is 1. The van der Waals surface area contributed by atoms with E-state index < -0.39 is 24.6 Å². The van der Waals surface area contributed by atoms with Crippen LogP contribution in [0.2, 0.25) is 0 Å². The highest BCUT2D eigenvalue weighted by Gasteiger charge is 2.24. The van der Waals surface area contributed by atoms with E-state index in [4.69, 9.17) is 14.9 Å². The number of aliphatic hydroxyl groups is 1. The molecule has 7 heteroatoms. The van der Waals surface area contributed by atoms with E-state index >= 15 is 0 Å². The van der Waals surface area contributed by atoms with E-state index in [1.54, 1.807) is 0 Å². The van der Waals surface area contributed by atoms with Crippen LogP contribution in [0.5, 0.6) is 0 Å². The first kappa shape index (κ1) is 14.7. The third-order valence-electron chi connectivity index (χ3n) is 3.12. The van der Waals surface area contributed by atoms with Gasteiger partial charge in [-0.2, -0.15) is 0 Å². The van der Waals surface area contributed by atoms with E-state index in [-0.39, 0.29) is 6.04 Å². The van der Waals surface area contributed by atoms with Crippen LogP contribution in [0.4, 0.5) is 4.79 Å². The molecule has 7 nitrogen and oxygen atoms in total. The lowest BCUT2D eigenvalue weighted by Crippen LogP contribution is -2.51. The Morgan fingerprint density at radius 1 is 1.33 bits per heavy atom. The van der Waals surface area contributed by atoms with Crippen molar-refractivity contribution in [3.63, 3.8) is 0 Å². The van der Waals surface area contributed by atoms with Crippen LogP contribution in [-0.4, -0.2) is 54.1 Å². The largest absolute Gasteiger partial charge is 0.480 e. The van der Waals surface area contributed by atoms with Crippen LogP contribution in [0.25, 0.3) is 0 Å². The molecule has 4 N–H and O–H groups in total. The van der Waals surface area contributed by atoms with Gasteiger partial charge in [0, 0.05) is 19.3 Å². The minimum atomic E-state index is -1.27. The van der Waals surface area contributed by atoms with Crippen molar-refractivity contribution in [1.82, 2.24) is 10.6 Å². The molecule has 2 amide bonds. The minimum Gasteiger partial charge on any atom is -0.480 e. The number of carboxylic acids is 1. The van der Waals surface area contributed by atoms with Crippen LogP contribution in [0, 0.1) is 5.92 Å². The van der Waals surface area contributed by atoms with Gasteiger partial charge in [-0.15, -0.1) is 0 Å². The summed E-state index contributed by atoms with van der Waals surface area (Å²) >= 11 is 0. The first-order valence-electron chi connectivity index (χ1n) is 6.03. The first-order valence-corrected chi connectivity index (χ1v) is 6.03. The molecule has 0 spiro atoms. The fraction of sp³-hybridized carbons (Fsp3) is 0.818. The fourth-order valence-corrected chi connectivity index (χ4v) is 1.93. The van der Waals surface area contributed by atoms with Gasteiger partial charge in [0.15, 0.2) is 6.04 Å². The van der Waals surface area contributed by atoms with Gasteiger partial charge >= 0.3 is 12.0 Å². The lowest BCUT2D eigenvalue weighted by molar-refractivity contribution is -0.140. The fourth-order valence-electron chi connectivity index (χ4n) is 1.93. The number of carbonyl (C=O) groups is 2. The molecule has 1 rings (SSSR count). The van der Waals surface area contributed by atoms with E-state index in [2.05, 4.69) is 10.6 Å². The molecule has 0 aliphatic carbocycles. The van der Waals surface area contributed by atoms with Gasteiger partial charge in [0.05, 0.1) is 6.61 Å². The van der Waals surface area contributed by atoms with E-state index in [0.29, 0.717) is 19.1 Å². The van der Waals surface area contributed by atoms with Crippen LogP contribution in [0.1, 0.15) is 19.8 Å². The predicted octanol–water partition coefficient (Wildman–Crippen LogP) is -0.454. The number of aliphatic hydroxyl groups excluding tert-OH is 1. The number of amides is 2. The molecular formula is C11H20N2O5. The van der Waals surface area contributed by atoms with Crippen molar-refractivity contribution in [3.05, 3.63) is 0 Å². The number of rotatable bonds is 5. The summed E-state index contributed by atoms with van der Waals surface area (Å²) in [5.74, 6) is -0.923. The van der Waals surface area contributed by atoms with Gasteiger partial charge in [0.1, 0.15) is 0 Å². The Labute approximate surface area is 106 Å². The molecule has 0 bridgehead atoms. The highest BCUT2D eigenvalue weighted by molar-refractivity contribution is 5.82. The summed E-state index contributed by atoms with van der Waals surface area (Å²) in [4.78, 5) is 22.2. The van der Waals surface area contributed by atoms with Gasteiger partial charge in [-0.3, -0.25) is 0 Å². The lowest BCUT2D eigenvalue weighted by atomic mass is 9.93. The second-order valence-electron chi connectivity index (χ2n) is 4.43. The molecule has 2 atom stereocenters. The maximum Gasteiger partial charge on any atom is 0.328 e. The van der Waals surface area contributed by atoms with Crippen molar-refractivity contribution in [2.24, 2.45) is 5.92 Å². The van der Waals surface area contributed by atoms with E-state index in [9.17, 15) is 9.59 Å². The lowest BCUT2D eigenvalue weighted by Gasteiger charge is -2.28. The molecule has 0 saturated carbocycles. The molecule has 104 valence electrons. The average molecular weight is 260 g/mol. The van der Waals surface area contributed by atoms with Gasteiger partial charge in [0.2, 0.25) is 0 Å². The van der Waals surface area contributed by atoms with Crippen molar-refractivity contribution in [2.45, 2.75) is 31.8 Å². The van der Waals surface area contributed by atoms with Gasteiger partial charge in [-0.25, -0.2) is 9.59 Å². The van der Waals surface area contributed by atoms with E-state index in [1.807, 2.05) is 6.92 Å². The molecule has 1 fully saturated rings. The minimum absolute atomic E-state index is 0.0537. The third kappa shape index (κ3) is 4.50. The summed E-state index contributed by atoms with van der Waals surface area (Å²) in [5.41, 5.74) is 0. The number of hydrogen-bond acceptors (Lipinski definition) is 4. The van der Waals surface area contributed by atoms with Gasteiger partial charge in [-0.05, 0) is 25.7 Å². The highest BCUT2D eigenvalue weighted by atomic mass is 16.5. The monoisotopic (exact) mass is 260 g/mol. The molecular weight excluding hydrogens is 240 g/mol. The maximum atomic E-state index is 11.5. The number of nitrogens with one attached hydrogen (secondary N) is 2. The van der Waals surface area contributed by atoms with Crippen LogP contribution < -0.4 is 10.6 Å². The quantitative estimate of drug-likeness (QED) is 0.535. The van der Waals surface area contributed by atoms with Crippen LogP contribution in [0.15, 0.2) is 0 Å². The molecule has 1 saturated heterocycles. The second kappa shape index (κ2) is 7.17. The molecule has 1 aliphatic rings. The summed E-state index contributed by atoms with van der Waals surface area (Å²) in [6, 6.07) is -1.90. The summed E-state index contributed by atoms with van der Waals surface area (Å²) < 4.78 is 5.23. The van der Waals surface area contributed by atoms with Crippen LogP contribution >= 0.6 is 0 Å². The maximum absolute atomic E-state index is 11.5. The second-order valence-corrected chi connectivity index (χ2v) is 4.43. The summed E-state index contributed by atoms with van der Waals surface area (Å²) in [6.45, 7) is 2.62. The Hall–Kier alpha value is -1.34. The van der Waals surface area contributed by atoms with Crippen molar-refractivity contribution in [1.29, 1.82) is 0 Å². The number of ether oxygens (including phenoxy) is 1. The average Bonchev–Trinajstić information content (AvgIpc) is 2.36. The SMILES string of the molecule is CC(NC(=O)NC(CO)C(=O)O)C1CCOCC1. The molecule has 0 aromatic rings. The van der Waals surface area contributed by atoms with Crippen LogP contribution in [-0.2, 0) is 9.53 Å². The number of carbonyl (C=O) groups excluding carboxylic acids is 1. The smallest absolute Gasteiger partial charge is 0.328 e. The number of hydrogen-bond donors (Lipinski definition) is 4. The summed E-state index contributed by atoms with van der Waals surface area (Å²) in [5, 5.41) is 22.4. The Morgan fingerprint density at radius 3 is 2.44 bits per heavy atom.